The van der Waals surface area contributed by atoms with Crippen molar-refractivity contribution >= 4 is 22.4 Å². The fourth-order valence-electron chi connectivity index (χ4n) is 3.64. The van der Waals surface area contributed by atoms with Crippen LogP contribution < -0.4 is 10.6 Å². The Balaban J connectivity index is 1.68. The molecule has 4 nitrogen and oxygen atoms in total. The SMILES string of the molecule is Nc1nc2cc(N3CCC(CO)CC3)ccc2cc1-c1ccccc1F. The van der Waals surface area contributed by atoms with Gasteiger partial charge in [0.1, 0.15) is 11.6 Å². The molecular formula is C21H22FN3O. The van der Waals surface area contributed by atoms with E-state index in [0.717, 1.165) is 42.5 Å². The Morgan fingerprint density at radius 2 is 1.85 bits per heavy atom. The number of halogens is 1. The van der Waals surface area contributed by atoms with Crippen molar-refractivity contribution < 1.29 is 9.50 Å². The Bertz CT molecular complexity index is 936. The van der Waals surface area contributed by atoms with E-state index >= 15 is 0 Å². The quantitative estimate of drug-likeness (QED) is 0.753. The molecule has 0 aliphatic carbocycles. The molecule has 2 aromatic carbocycles. The van der Waals surface area contributed by atoms with Crippen LogP contribution in [0.5, 0.6) is 0 Å². The molecule has 0 bridgehead atoms. The second-order valence-electron chi connectivity index (χ2n) is 6.89. The molecule has 134 valence electrons. The van der Waals surface area contributed by atoms with Gasteiger partial charge >= 0.3 is 0 Å². The third-order valence-corrected chi connectivity index (χ3v) is 5.23. The third-order valence-electron chi connectivity index (χ3n) is 5.23. The number of anilines is 2. The van der Waals surface area contributed by atoms with Crippen LogP contribution in [0.4, 0.5) is 15.9 Å². The molecule has 1 fully saturated rings. The maximum absolute atomic E-state index is 14.1. The summed E-state index contributed by atoms with van der Waals surface area (Å²) in [5.41, 5.74) is 9.14. The highest BCUT2D eigenvalue weighted by molar-refractivity contribution is 5.90. The fourth-order valence-corrected chi connectivity index (χ4v) is 3.64. The van der Waals surface area contributed by atoms with Gasteiger partial charge in [-0.05, 0) is 43.0 Å². The topological polar surface area (TPSA) is 62.4 Å². The van der Waals surface area contributed by atoms with E-state index in [9.17, 15) is 9.50 Å². The number of hydrogen-bond acceptors (Lipinski definition) is 4. The van der Waals surface area contributed by atoms with Gasteiger partial charge in [-0.15, -0.1) is 0 Å². The number of fused-ring (bicyclic) bond motifs is 1. The van der Waals surface area contributed by atoms with E-state index < -0.39 is 0 Å². The summed E-state index contributed by atoms with van der Waals surface area (Å²) in [5.74, 6) is 0.436. The second kappa shape index (κ2) is 6.92. The Labute approximate surface area is 152 Å². The number of aliphatic hydroxyl groups excluding tert-OH is 1. The lowest BCUT2D eigenvalue weighted by Gasteiger charge is -2.33. The molecule has 1 aliphatic heterocycles. The molecule has 0 atom stereocenters. The molecule has 2 heterocycles. The summed E-state index contributed by atoms with van der Waals surface area (Å²) in [4.78, 5) is 6.84. The zero-order valence-electron chi connectivity index (χ0n) is 14.5. The van der Waals surface area contributed by atoms with E-state index in [1.165, 1.54) is 6.07 Å². The normalized spacial score (nSPS) is 15.5. The predicted octanol–water partition coefficient (Wildman–Crippen LogP) is 3.83. The van der Waals surface area contributed by atoms with Gasteiger partial charge in [-0.25, -0.2) is 9.37 Å². The van der Waals surface area contributed by atoms with Crippen LogP contribution in [0.15, 0.2) is 48.5 Å². The molecule has 0 spiro atoms. The highest BCUT2D eigenvalue weighted by Gasteiger charge is 2.19. The molecule has 0 radical (unpaired) electrons. The van der Waals surface area contributed by atoms with Crippen LogP contribution in [0.1, 0.15) is 12.8 Å². The summed E-state index contributed by atoms with van der Waals surface area (Å²) >= 11 is 0. The first kappa shape index (κ1) is 16.8. The number of hydrogen-bond donors (Lipinski definition) is 2. The second-order valence-corrected chi connectivity index (χ2v) is 6.89. The van der Waals surface area contributed by atoms with Gasteiger partial charge in [-0.3, -0.25) is 0 Å². The molecule has 26 heavy (non-hydrogen) atoms. The molecule has 5 heteroatoms. The van der Waals surface area contributed by atoms with Gasteiger partial charge in [0.2, 0.25) is 0 Å². The van der Waals surface area contributed by atoms with Crippen LogP contribution in [0.25, 0.3) is 22.0 Å². The molecule has 0 saturated carbocycles. The number of nitrogens with two attached hydrogens (primary N) is 1. The monoisotopic (exact) mass is 351 g/mol. The number of benzene rings is 2. The predicted molar refractivity (Wildman–Crippen MR) is 104 cm³/mol. The summed E-state index contributed by atoms with van der Waals surface area (Å²) in [6, 6.07) is 14.6. The Morgan fingerprint density at radius 1 is 1.08 bits per heavy atom. The maximum Gasteiger partial charge on any atom is 0.132 e. The Morgan fingerprint density at radius 3 is 2.58 bits per heavy atom. The first-order valence-electron chi connectivity index (χ1n) is 8.96. The molecule has 1 saturated heterocycles. The van der Waals surface area contributed by atoms with E-state index in [4.69, 9.17) is 5.73 Å². The zero-order chi connectivity index (χ0) is 18.1. The molecule has 1 aromatic heterocycles. The summed E-state index contributed by atoms with van der Waals surface area (Å²) in [6.07, 6.45) is 1.99. The number of aromatic nitrogens is 1. The average Bonchev–Trinajstić information content (AvgIpc) is 2.68. The number of piperidine rings is 1. The lowest BCUT2D eigenvalue weighted by atomic mass is 9.97. The molecular weight excluding hydrogens is 329 g/mol. The molecule has 0 amide bonds. The first-order valence-corrected chi connectivity index (χ1v) is 8.96. The third kappa shape index (κ3) is 3.10. The van der Waals surface area contributed by atoms with Crippen molar-refractivity contribution in [3.8, 4) is 11.1 Å². The Hall–Kier alpha value is -2.66. The zero-order valence-corrected chi connectivity index (χ0v) is 14.5. The van der Waals surface area contributed by atoms with Crippen LogP contribution in [-0.4, -0.2) is 29.8 Å². The van der Waals surface area contributed by atoms with Gasteiger partial charge in [-0.1, -0.05) is 24.3 Å². The number of aliphatic hydroxyl groups is 1. The van der Waals surface area contributed by atoms with Crippen molar-refractivity contribution in [2.45, 2.75) is 12.8 Å². The average molecular weight is 351 g/mol. The molecule has 0 unspecified atom stereocenters. The fraction of sp³-hybridized carbons (Fsp3) is 0.286. The standard InChI is InChI=1S/C21H22FN3O/c22-19-4-2-1-3-17(19)18-11-15-5-6-16(12-20(15)24-21(18)23)25-9-7-14(13-26)8-10-25/h1-6,11-12,14,26H,7-10,13H2,(H2,23,24). The summed E-state index contributed by atoms with van der Waals surface area (Å²) in [6.45, 7) is 2.13. The van der Waals surface area contributed by atoms with Gasteiger partial charge in [-0.2, -0.15) is 0 Å². The van der Waals surface area contributed by atoms with E-state index in [2.05, 4.69) is 16.0 Å². The number of nitrogens with zero attached hydrogens (tertiary/aromatic N) is 2. The van der Waals surface area contributed by atoms with Crippen molar-refractivity contribution in [1.82, 2.24) is 4.98 Å². The minimum Gasteiger partial charge on any atom is -0.396 e. The van der Waals surface area contributed by atoms with Gasteiger partial charge in [0, 0.05) is 41.9 Å². The van der Waals surface area contributed by atoms with Crippen molar-refractivity contribution in [2.75, 3.05) is 30.3 Å². The van der Waals surface area contributed by atoms with Crippen LogP contribution in [-0.2, 0) is 0 Å². The van der Waals surface area contributed by atoms with Crippen LogP contribution >= 0.6 is 0 Å². The largest absolute Gasteiger partial charge is 0.396 e. The minimum absolute atomic E-state index is 0.266. The van der Waals surface area contributed by atoms with Crippen molar-refractivity contribution in [3.63, 3.8) is 0 Å². The van der Waals surface area contributed by atoms with Gasteiger partial charge in [0.15, 0.2) is 0 Å². The van der Waals surface area contributed by atoms with Gasteiger partial charge in [0.25, 0.3) is 0 Å². The van der Waals surface area contributed by atoms with Gasteiger partial charge in [0.05, 0.1) is 5.52 Å². The van der Waals surface area contributed by atoms with E-state index in [1.54, 1.807) is 18.2 Å². The molecule has 1 aliphatic rings. The van der Waals surface area contributed by atoms with E-state index in [-0.39, 0.29) is 12.4 Å². The lowest BCUT2D eigenvalue weighted by Crippen LogP contribution is -2.34. The number of pyridine rings is 1. The van der Waals surface area contributed by atoms with Crippen LogP contribution in [0.3, 0.4) is 0 Å². The van der Waals surface area contributed by atoms with Crippen molar-refractivity contribution in [2.24, 2.45) is 5.92 Å². The van der Waals surface area contributed by atoms with Gasteiger partial charge < -0.3 is 15.7 Å². The maximum atomic E-state index is 14.1. The highest BCUT2D eigenvalue weighted by atomic mass is 19.1. The summed E-state index contributed by atoms with van der Waals surface area (Å²) in [7, 11) is 0. The summed E-state index contributed by atoms with van der Waals surface area (Å²) < 4.78 is 14.1. The van der Waals surface area contributed by atoms with Crippen LogP contribution in [0.2, 0.25) is 0 Å². The minimum atomic E-state index is -0.302. The Kier molecular flexibility index (Phi) is 4.47. The number of nitrogen functional groups attached to an aromatic ring is 1. The molecule has 3 N–H and O–H groups in total. The molecule has 4 rings (SSSR count). The highest BCUT2D eigenvalue weighted by Crippen LogP contribution is 2.32. The smallest absolute Gasteiger partial charge is 0.132 e. The first-order chi connectivity index (χ1) is 12.7. The van der Waals surface area contributed by atoms with E-state index in [1.807, 2.05) is 18.2 Å². The van der Waals surface area contributed by atoms with Crippen molar-refractivity contribution in [1.29, 1.82) is 0 Å². The van der Waals surface area contributed by atoms with Crippen LogP contribution in [0, 0.1) is 11.7 Å². The lowest BCUT2D eigenvalue weighted by molar-refractivity contribution is 0.203. The number of rotatable bonds is 3. The van der Waals surface area contributed by atoms with Crippen molar-refractivity contribution in [3.05, 3.63) is 54.3 Å². The van der Waals surface area contributed by atoms with E-state index in [0.29, 0.717) is 22.9 Å². The summed E-state index contributed by atoms with van der Waals surface area (Å²) in [5, 5.41) is 10.2. The molecule has 3 aromatic rings.